The van der Waals surface area contributed by atoms with Crippen molar-refractivity contribution in [3.63, 3.8) is 0 Å². The van der Waals surface area contributed by atoms with Gasteiger partial charge in [0.15, 0.2) is 0 Å². The molecular formula is C16H14ClNO2S. The van der Waals surface area contributed by atoms with E-state index >= 15 is 0 Å². The molecule has 3 aromatic rings. The molecule has 2 aromatic heterocycles. The van der Waals surface area contributed by atoms with E-state index in [0.717, 1.165) is 22.2 Å². The fourth-order valence-electron chi connectivity index (χ4n) is 2.25. The summed E-state index contributed by atoms with van der Waals surface area (Å²) in [6.07, 6.45) is 1.73. The molecule has 0 saturated carbocycles. The lowest BCUT2D eigenvalue weighted by Crippen LogP contribution is -1.98. The number of benzene rings is 1. The Morgan fingerprint density at radius 1 is 1.43 bits per heavy atom. The molecule has 0 aliphatic heterocycles. The summed E-state index contributed by atoms with van der Waals surface area (Å²) in [5, 5.41) is 3.30. The number of fused-ring (bicyclic) bond motifs is 1. The van der Waals surface area contributed by atoms with E-state index in [4.69, 9.17) is 16.3 Å². The van der Waals surface area contributed by atoms with Gasteiger partial charge in [-0.05, 0) is 43.0 Å². The van der Waals surface area contributed by atoms with Crippen LogP contribution in [0.25, 0.3) is 10.9 Å². The molecule has 21 heavy (non-hydrogen) atoms. The lowest BCUT2D eigenvalue weighted by Gasteiger charge is -2.03. The Morgan fingerprint density at radius 2 is 2.24 bits per heavy atom. The molecule has 0 aliphatic rings. The van der Waals surface area contributed by atoms with Crippen molar-refractivity contribution in [3.8, 4) is 5.75 Å². The number of ether oxygens (including phenoxy) is 1. The van der Waals surface area contributed by atoms with E-state index in [2.05, 4.69) is 4.98 Å². The normalized spacial score (nSPS) is 11.0. The molecule has 3 rings (SSSR count). The molecule has 0 bridgehead atoms. The quantitative estimate of drug-likeness (QED) is 0.700. The molecule has 0 atom stereocenters. The van der Waals surface area contributed by atoms with Gasteiger partial charge < -0.3 is 9.72 Å². The van der Waals surface area contributed by atoms with Crippen molar-refractivity contribution in [2.75, 3.05) is 6.61 Å². The number of aryl methyl sites for hydroxylation is 1. The second-order valence-corrected chi connectivity index (χ2v) is 5.99. The third-order valence-corrected chi connectivity index (χ3v) is 5.01. The highest BCUT2D eigenvalue weighted by atomic mass is 35.5. The number of hydrogen-bond acceptors (Lipinski definition) is 3. The first-order chi connectivity index (χ1) is 10.1. The predicted octanol–water partition coefficient (Wildman–Crippen LogP) is 4.82. The number of nitrogens with one attached hydrogen (secondary N) is 1. The molecule has 5 heteroatoms. The van der Waals surface area contributed by atoms with Gasteiger partial charge in [-0.25, -0.2) is 0 Å². The molecule has 0 saturated heterocycles. The molecule has 108 valence electrons. The largest absolute Gasteiger partial charge is 0.494 e. The number of aromatic nitrogens is 1. The maximum absolute atomic E-state index is 12.7. The van der Waals surface area contributed by atoms with Crippen LogP contribution in [0.5, 0.6) is 5.75 Å². The monoisotopic (exact) mass is 319 g/mol. The SMILES string of the molecule is CCOc1ccc2[nH]cc(C(=O)c3scc(C)c3Cl)c2c1. The van der Waals surface area contributed by atoms with Gasteiger partial charge in [-0.1, -0.05) is 11.6 Å². The van der Waals surface area contributed by atoms with Gasteiger partial charge in [0, 0.05) is 22.7 Å². The van der Waals surface area contributed by atoms with Crippen LogP contribution in [-0.4, -0.2) is 17.4 Å². The van der Waals surface area contributed by atoms with Crippen LogP contribution in [0.4, 0.5) is 0 Å². The van der Waals surface area contributed by atoms with Crippen molar-refractivity contribution in [1.82, 2.24) is 4.98 Å². The van der Waals surface area contributed by atoms with Crippen LogP contribution in [0.3, 0.4) is 0 Å². The van der Waals surface area contributed by atoms with Gasteiger partial charge in [0.05, 0.1) is 16.5 Å². The first-order valence-electron chi connectivity index (χ1n) is 6.64. The molecule has 1 N–H and O–H groups in total. The Hall–Kier alpha value is -1.78. The third-order valence-electron chi connectivity index (χ3n) is 3.31. The highest BCUT2D eigenvalue weighted by Gasteiger charge is 2.20. The average molecular weight is 320 g/mol. The van der Waals surface area contributed by atoms with E-state index in [1.165, 1.54) is 11.3 Å². The lowest BCUT2D eigenvalue weighted by atomic mass is 10.1. The van der Waals surface area contributed by atoms with Crippen LogP contribution in [0.2, 0.25) is 5.02 Å². The van der Waals surface area contributed by atoms with Crippen LogP contribution in [0.1, 0.15) is 27.7 Å². The van der Waals surface area contributed by atoms with Gasteiger partial charge in [0.25, 0.3) is 0 Å². The standard InChI is InChI=1S/C16H14ClNO2S/c1-3-20-10-4-5-13-11(6-10)12(7-18-13)15(19)16-14(17)9(2)8-21-16/h4-8,18H,3H2,1-2H3. The van der Waals surface area contributed by atoms with Gasteiger partial charge in [0.2, 0.25) is 5.78 Å². The van der Waals surface area contributed by atoms with Gasteiger partial charge in [-0.2, -0.15) is 0 Å². The molecule has 0 radical (unpaired) electrons. The van der Waals surface area contributed by atoms with Gasteiger partial charge in [-0.3, -0.25) is 4.79 Å². The van der Waals surface area contributed by atoms with Gasteiger partial charge in [-0.15, -0.1) is 11.3 Å². The molecule has 3 nitrogen and oxygen atoms in total. The van der Waals surface area contributed by atoms with Crippen LogP contribution in [0, 0.1) is 6.92 Å². The Labute approximate surface area is 131 Å². The third kappa shape index (κ3) is 2.45. The van der Waals surface area contributed by atoms with Crippen LogP contribution in [0.15, 0.2) is 29.8 Å². The smallest absolute Gasteiger partial charge is 0.206 e. The molecule has 1 aromatic carbocycles. The second-order valence-electron chi connectivity index (χ2n) is 4.73. The Balaban J connectivity index is 2.09. The molecule has 0 fully saturated rings. The number of hydrogen-bond donors (Lipinski definition) is 1. The Kier molecular flexibility index (Phi) is 3.74. The van der Waals surface area contributed by atoms with Crippen molar-refractivity contribution in [2.45, 2.75) is 13.8 Å². The minimum absolute atomic E-state index is 0.0574. The fourth-order valence-corrected chi connectivity index (χ4v) is 3.48. The summed E-state index contributed by atoms with van der Waals surface area (Å²) < 4.78 is 5.50. The summed E-state index contributed by atoms with van der Waals surface area (Å²) in [6, 6.07) is 5.69. The second kappa shape index (κ2) is 5.54. The van der Waals surface area contributed by atoms with E-state index in [1.807, 2.05) is 37.4 Å². The summed E-state index contributed by atoms with van der Waals surface area (Å²) in [7, 11) is 0. The van der Waals surface area contributed by atoms with Crippen molar-refractivity contribution in [2.24, 2.45) is 0 Å². The first kappa shape index (κ1) is 14.2. The maximum atomic E-state index is 12.7. The molecule has 2 heterocycles. The molecule has 0 amide bonds. The van der Waals surface area contributed by atoms with Crippen LogP contribution < -0.4 is 4.74 Å². The summed E-state index contributed by atoms with van der Waals surface area (Å²) in [5.41, 5.74) is 2.46. The Bertz CT molecular complexity index is 819. The van der Waals surface area contributed by atoms with Crippen LogP contribution >= 0.6 is 22.9 Å². The number of thiophene rings is 1. The van der Waals surface area contributed by atoms with E-state index < -0.39 is 0 Å². The number of ketones is 1. The topological polar surface area (TPSA) is 42.1 Å². The number of carbonyl (C=O) groups excluding carboxylic acids is 1. The molecular weight excluding hydrogens is 306 g/mol. The van der Waals surface area contributed by atoms with Gasteiger partial charge >= 0.3 is 0 Å². The van der Waals surface area contributed by atoms with Crippen molar-refractivity contribution >= 4 is 39.6 Å². The van der Waals surface area contributed by atoms with Crippen LogP contribution in [-0.2, 0) is 0 Å². The van der Waals surface area contributed by atoms with E-state index in [1.54, 1.807) is 6.20 Å². The summed E-state index contributed by atoms with van der Waals surface area (Å²) >= 11 is 7.59. The zero-order valence-electron chi connectivity index (χ0n) is 11.7. The predicted molar refractivity (Wildman–Crippen MR) is 87.0 cm³/mol. The Morgan fingerprint density at radius 3 is 2.90 bits per heavy atom. The first-order valence-corrected chi connectivity index (χ1v) is 7.89. The van der Waals surface area contributed by atoms with Crippen molar-refractivity contribution < 1.29 is 9.53 Å². The lowest BCUT2D eigenvalue weighted by molar-refractivity contribution is 0.104. The van der Waals surface area contributed by atoms with E-state index in [9.17, 15) is 4.79 Å². The molecule has 0 unspecified atom stereocenters. The van der Waals surface area contributed by atoms with Crippen molar-refractivity contribution in [1.29, 1.82) is 0 Å². The summed E-state index contributed by atoms with van der Waals surface area (Å²) in [4.78, 5) is 16.4. The number of aromatic amines is 1. The number of halogens is 1. The number of carbonyl (C=O) groups is 1. The molecule has 0 aliphatic carbocycles. The zero-order valence-corrected chi connectivity index (χ0v) is 13.3. The fraction of sp³-hybridized carbons (Fsp3) is 0.188. The minimum atomic E-state index is -0.0574. The summed E-state index contributed by atoms with van der Waals surface area (Å²) in [5.74, 6) is 0.699. The zero-order chi connectivity index (χ0) is 15.0. The minimum Gasteiger partial charge on any atom is -0.494 e. The average Bonchev–Trinajstić information content (AvgIpc) is 3.03. The van der Waals surface area contributed by atoms with E-state index in [-0.39, 0.29) is 5.78 Å². The van der Waals surface area contributed by atoms with E-state index in [0.29, 0.717) is 22.1 Å². The van der Waals surface area contributed by atoms with Crippen molar-refractivity contribution in [3.05, 3.63) is 50.8 Å². The highest BCUT2D eigenvalue weighted by molar-refractivity contribution is 7.13. The summed E-state index contributed by atoms with van der Waals surface area (Å²) in [6.45, 7) is 4.43. The van der Waals surface area contributed by atoms with Gasteiger partial charge in [0.1, 0.15) is 5.75 Å². The maximum Gasteiger partial charge on any atom is 0.206 e. The molecule has 0 spiro atoms. The highest BCUT2D eigenvalue weighted by Crippen LogP contribution is 2.32. The number of rotatable bonds is 4. The number of H-pyrrole nitrogens is 1.